The van der Waals surface area contributed by atoms with Gasteiger partial charge in [0.1, 0.15) is 0 Å². The van der Waals surface area contributed by atoms with Crippen LogP contribution in [0.1, 0.15) is 12.8 Å². The van der Waals surface area contributed by atoms with E-state index >= 15 is 0 Å². The zero-order valence-corrected chi connectivity index (χ0v) is 9.98. The Hall–Kier alpha value is -0.160. The minimum atomic E-state index is 0.120. The number of aliphatic hydroxyl groups excluding tert-OH is 1. The number of likely N-dealkylation sites (N-methyl/N-ethyl adjacent to an activating group) is 2. The molecule has 4 nitrogen and oxygen atoms in total. The second-order valence-electron chi connectivity index (χ2n) is 4.37. The van der Waals surface area contributed by atoms with Crippen LogP contribution >= 0.6 is 0 Å². The van der Waals surface area contributed by atoms with Gasteiger partial charge < -0.3 is 19.6 Å². The highest BCUT2D eigenvalue weighted by Gasteiger charge is 2.21. The first-order valence-corrected chi connectivity index (χ1v) is 5.81. The minimum absolute atomic E-state index is 0.120. The topological polar surface area (TPSA) is 35.9 Å². The maximum atomic E-state index is 8.55. The summed E-state index contributed by atoms with van der Waals surface area (Å²) in [5.74, 6) is 0. The number of ether oxygens (including phenoxy) is 1. The maximum Gasteiger partial charge on any atom is 0.0698 e. The normalized spacial score (nSPS) is 22.8. The number of hydrogen-bond acceptors (Lipinski definition) is 4. The highest BCUT2D eigenvalue weighted by Crippen LogP contribution is 2.15. The summed E-state index contributed by atoms with van der Waals surface area (Å²) in [6.45, 7) is 4.60. The van der Waals surface area contributed by atoms with Crippen LogP contribution in [0.5, 0.6) is 0 Å². The molecule has 90 valence electrons. The van der Waals surface area contributed by atoms with Gasteiger partial charge in [0.05, 0.1) is 19.8 Å². The van der Waals surface area contributed by atoms with Crippen LogP contribution in [-0.2, 0) is 4.74 Å². The molecule has 0 spiro atoms. The summed E-state index contributed by atoms with van der Waals surface area (Å²) in [6.07, 6.45) is 2.65. The number of likely N-dealkylation sites (tertiary alicyclic amines) is 1. The molecule has 1 rings (SSSR count). The first-order chi connectivity index (χ1) is 7.24. The molecule has 1 fully saturated rings. The predicted molar refractivity (Wildman–Crippen MR) is 61.1 cm³/mol. The molecule has 1 atom stereocenters. The largest absolute Gasteiger partial charge is 0.394 e. The number of nitrogens with zero attached hydrogens (tertiary/aromatic N) is 2. The molecule has 1 saturated heterocycles. The molecule has 0 radical (unpaired) electrons. The second kappa shape index (κ2) is 7.17. The van der Waals surface area contributed by atoms with Gasteiger partial charge in [-0.1, -0.05) is 0 Å². The lowest BCUT2D eigenvalue weighted by Crippen LogP contribution is -2.38. The van der Waals surface area contributed by atoms with E-state index in [0.717, 1.165) is 13.1 Å². The third-order valence-electron chi connectivity index (χ3n) is 3.05. The van der Waals surface area contributed by atoms with Crippen molar-refractivity contribution in [2.24, 2.45) is 0 Å². The lowest BCUT2D eigenvalue weighted by Gasteiger charge is -2.25. The Morgan fingerprint density at radius 3 is 2.87 bits per heavy atom. The highest BCUT2D eigenvalue weighted by atomic mass is 16.5. The highest BCUT2D eigenvalue weighted by molar-refractivity contribution is 4.78. The Bertz CT molecular complexity index is 167. The first-order valence-electron chi connectivity index (χ1n) is 5.81. The van der Waals surface area contributed by atoms with Gasteiger partial charge in [-0.2, -0.15) is 0 Å². The van der Waals surface area contributed by atoms with Crippen molar-refractivity contribution in [2.75, 3.05) is 53.6 Å². The van der Waals surface area contributed by atoms with Crippen molar-refractivity contribution in [1.82, 2.24) is 9.80 Å². The van der Waals surface area contributed by atoms with Crippen LogP contribution in [-0.4, -0.2) is 74.5 Å². The van der Waals surface area contributed by atoms with Gasteiger partial charge in [0.25, 0.3) is 0 Å². The SMILES string of the molecule is CN(CCOCCO)CC1CCCN1C. The van der Waals surface area contributed by atoms with E-state index in [-0.39, 0.29) is 6.61 Å². The number of aliphatic hydroxyl groups is 1. The van der Waals surface area contributed by atoms with Gasteiger partial charge in [0.15, 0.2) is 0 Å². The van der Waals surface area contributed by atoms with Gasteiger partial charge in [-0.3, -0.25) is 0 Å². The van der Waals surface area contributed by atoms with E-state index in [1.165, 1.54) is 19.4 Å². The predicted octanol–water partition coefficient (Wildman–Crippen LogP) is 0.0213. The minimum Gasteiger partial charge on any atom is -0.394 e. The van der Waals surface area contributed by atoms with Crippen molar-refractivity contribution < 1.29 is 9.84 Å². The smallest absolute Gasteiger partial charge is 0.0698 e. The van der Waals surface area contributed by atoms with E-state index in [9.17, 15) is 0 Å². The molecule has 0 aromatic carbocycles. The van der Waals surface area contributed by atoms with Gasteiger partial charge in [0, 0.05) is 19.1 Å². The Labute approximate surface area is 92.8 Å². The van der Waals surface area contributed by atoms with E-state index in [0.29, 0.717) is 19.3 Å². The van der Waals surface area contributed by atoms with Crippen LogP contribution in [0.4, 0.5) is 0 Å². The fraction of sp³-hybridized carbons (Fsp3) is 1.00. The Kier molecular flexibility index (Phi) is 6.17. The standard InChI is InChI=1S/C11H24N2O2/c1-12(6-8-15-9-7-14)10-11-4-3-5-13(11)2/h11,14H,3-10H2,1-2H3. The van der Waals surface area contributed by atoms with Crippen LogP contribution in [0.25, 0.3) is 0 Å². The van der Waals surface area contributed by atoms with Crippen molar-refractivity contribution >= 4 is 0 Å². The summed E-state index contributed by atoms with van der Waals surface area (Å²) in [6, 6.07) is 0.716. The van der Waals surface area contributed by atoms with Crippen molar-refractivity contribution in [1.29, 1.82) is 0 Å². The van der Waals surface area contributed by atoms with E-state index in [1.54, 1.807) is 0 Å². The lowest BCUT2D eigenvalue weighted by molar-refractivity contribution is 0.0744. The summed E-state index contributed by atoms with van der Waals surface area (Å²) >= 11 is 0. The molecule has 1 aliphatic heterocycles. The van der Waals surface area contributed by atoms with Gasteiger partial charge in [-0.05, 0) is 33.5 Å². The molecular formula is C11H24N2O2. The molecule has 1 heterocycles. The summed E-state index contributed by atoms with van der Waals surface area (Å²) in [5.41, 5.74) is 0. The molecule has 0 saturated carbocycles. The van der Waals surface area contributed by atoms with Gasteiger partial charge >= 0.3 is 0 Å². The molecule has 0 bridgehead atoms. The lowest BCUT2D eigenvalue weighted by atomic mass is 10.2. The molecule has 0 amide bonds. The Balaban J connectivity index is 2.04. The average Bonchev–Trinajstić information content (AvgIpc) is 2.59. The average molecular weight is 216 g/mol. The molecule has 1 unspecified atom stereocenters. The Morgan fingerprint density at radius 1 is 1.47 bits per heavy atom. The van der Waals surface area contributed by atoms with Crippen LogP contribution in [0.2, 0.25) is 0 Å². The van der Waals surface area contributed by atoms with Gasteiger partial charge in [-0.25, -0.2) is 0 Å². The fourth-order valence-corrected chi connectivity index (χ4v) is 2.05. The third kappa shape index (κ3) is 4.93. The van der Waals surface area contributed by atoms with Gasteiger partial charge in [-0.15, -0.1) is 0 Å². The summed E-state index contributed by atoms with van der Waals surface area (Å²) in [7, 11) is 4.34. The summed E-state index contributed by atoms with van der Waals surface area (Å²) < 4.78 is 5.24. The van der Waals surface area contributed by atoms with Crippen molar-refractivity contribution in [3.05, 3.63) is 0 Å². The molecule has 0 aromatic rings. The molecule has 1 N–H and O–H groups in total. The van der Waals surface area contributed by atoms with E-state index in [1.807, 2.05) is 0 Å². The molecular weight excluding hydrogens is 192 g/mol. The quantitative estimate of drug-likeness (QED) is 0.609. The second-order valence-corrected chi connectivity index (χ2v) is 4.37. The van der Waals surface area contributed by atoms with Crippen LogP contribution < -0.4 is 0 Å². The number of rotatable bonds is 7. The van der Waals surface area contributed by atoms with Crippen molar-refractivity contribution in [3.8, 4) is 0 Å². The zero-order chi connectivity index (χ0) is 11.1. The molecule has 0 aromatic heterocycles. The van der Waals surface area contributed by atoms with Crippen molar-refractivity contribution in [2.45, 2.75) is 18.9 Å². The third-order valence-corrected chi connectivity index (χ3v) is 3.05. The van der Waals surface area contributed by atoms with E-state index < -0.39 is 0 Å². The van der Waals surface area contributed by atoms with Crippen LogP contribution in [0, 0.1) is 0 Å². The van der Waals surface area contributed by atoms with E-state index in [4.69, 9.17) is 9.84 Å². The monoisotopic (exact) mass is 216 g/mol. The van der Waals surface area contributed by atoms with Crippen molar-refractivity contribution in [3.63, 3.8) is 0 Å². The number of hydrogen-bond donors (Lipinski definition) is 1. The summed E-state index contributed by atoms with van der Waals surface area (Å²) in [5, 5.41) is 8.55. The molecule has 15 heavy (non-hydrogen) atoms. The van der Waals surface area contributed by atoms with Crippen LogP contribution in [0.15, 0.2) is 0 Å². The van der Waals surface area contributed by atoms with Crippen LogP contribution in [0.3, 0.4) is 0 Å². The van der Waals surface area contributed by atoms with E-state index in [2.05, 4.69) is 23.9 Å². The maximum absolute atomic E-state index is 8.55. The first kappa shape index (κ1) is 12.9. The molecule has 0 aliphatic carbocycles. The molecule has 4 heteroatoms. The fourth-order valence-electron chi connectivity index (χ4n) is 2.05. The Morgan fingerprint density at radius 2 is 2.27 bits per heavy atom. The zero-order valence-electron chi connectivity index (χ0n) is 9.98. The molecule has 1 aliphatic rings. The van der Waals surface area contributed by atoms with Gasteiger partial charge in [0.2, 0.25) is 0 Å². The summed E-state index contributed by atoms with van der Waals surface area (Å²) in [4.78, 5) is 4.74.